The summed E-state index contributed by atoms with van der Waals surface area (Å²) in [5.41, 5.74) is 1.71. The van der Waals surface area contributed by atoms with Crippen LogP contribution in [0.25, 0.3) is 0 Å². The molecule has 5 heteroatoms. The van der Waals surface area contributed by atoms with Crippen molar-refractivity contribution in [1.82, 2.24) is 4.98 Å². The third-order valence-electron chi connectivity index (χ3n) is 2.54. The Kier molecular flexibility index (Phi) is 4.76. The molecule has 0 radical (unpaired) electrons. The second-order valence-corrected chi connectivity index (χ2v) is 4.95. The molecule has 1 N–H and O–H groups in total. The number of aliphatic hydroxyl groups is 1. The van der Waals surface area contributed by atoms with Gasteiger partial charge in [0.2, 0.25) is 0 Å². The van der Waals surface area contributed by atoms with Crippen LogP contribution in [0.1, 0.15) is 23.2 Å². The van der Waals surface area contributed by atoms with Crippen molar-refractivity contribution in [3.8, 4) is 11.5 Å². The molecule has 0 fully saturated rings. The van der Waals surface area contributed by atoms with Crippen LogP contribution >= 0.6 is 11.3 Å². The molecule has 4 nitrogen and oxygen atoms in total. The van der Waals surface area contributed by atoms with E-state index in [1.54, 1.807) is 11.3 Å². The van der Waals surface area contributed by atoms with Crippen LogP contribution < -0.4 is 9.47 Å². The molecule has 102 valence electrons. The summed E-state index contributed by atoms with van der Waals surface area (Å²) in [6.07, 6.45) is 0. The third kappa shape index (κ3) is 3.45. The Morgan fingerprint density at radius 2 is 2.16 bits per heavy atom. The first-order valence-electron chi connectivity index (χ1n) is 6.14. The van der Waals surface area contributed by atoms with Gasteiger partial charge in [0, 0.05) is 16.6 Å². The minimum atomic E-state index is -0.0762. The van der Waals surface area contributed by atoms with Crippen molar-refractivity contribution in [1.29, 1.82) is 0 Å². The van der Waals surface area contributed by atoms with Gasteiger partial charge in [-0.25, -0.2) is 4.98 Å². The highest BCUT2D eigenvalue weighted by atomic mass is 32.1. The van der Waals surface area contributed by atoms with E-state index in [1.165, 1.54) is 0 Å². The van der Waals surface area contributed by atoms with E-state index in [9.17, 15) is 5.11 Å². The maximum atomic E-state index is 9.36. The molecule has 0 bridgehead atoms. The highest BCUT2D eigenvalue weighted by Gasteiger charge is 2.11. The van der Waals surface area contributed by atoms with Crippen molar-refractivity contribution in [3.63, 3.8) is 0 Å². The Labute approximate surface area is 116 Å². The number of thiazole rings is 1. The molecule has 0 spiro atoms. The average molecular weight is 279 g/mol. The summed E-state index contributed by atoms with van der Waals surface area (Å²) in [7, 11) is 0. The van der Waals surface area contributed by atoms with Crippen LogP contribution in [0.5, 0.6) is 11.5 Å². The van der Waals surface area contributed by atoms with E-state index < -0.39 is 0 Å². The van der Waals surface area contributed by atoms with Gasteiger partial charge in [-0.05, 0) is 19.9 Å². The Morgan fingerprint density at radius 3 is 2.79 bits per heavy atom. The van der Waals surface area contributed by atoms with Gasteiger partial charge >= 0.3 is 0 Å². The predicted octanol–water partition coefficient (Wildman–Crippen LogP) is 2.92. The first kappa shape index (κ1) is 13.8. The van der Waals surface area contributed by atoms with Gasteiger partial charge in [0.05, 0.1) is 13.2 Å². The lowest BCUT2D eigenvalue weighted by Crippen LogP contribution is -2.02. The van der Waals surface area contributed by atoms with E-state index in [2.05, 4.69) is 4.98 Å². The predicted molar refractivity (Wildman–Crippen MR) is 74.7 cm³/mol. The normalized spacial score (nSPS) is 10.5. The number of aromatic nitrogens is 1. The summed E-state index contributed by atoms with van der Waals surface area (Å²) in [6.45, 7) is 4.73. The van der Waals surface area contributed by atoms with Crippen LogP contribution in [-0.2, 0) is 13.2 Å². The summed E-state index contributed by atoms with van der Waals surface area (Å²) in [4.78, 5) is 4.35. The summed E-state index contributed by atoms with van der Waals surface area (Å²) >= 11 is 1.56. The van der Waals surface area contributed by atoms with Gasteiger partial charge < -0.3 is 14.6 Å². The highest BCUT2D eigenvalue weighted by Crippen LogP contribution is 2.32. The van der Waals surface area contributed by atoms with Crippen molar-refractivity contribution in [2.75, 3.05) is 6.61 Å². The standard InChI is InChI=1S/C14H17NO3S/c1-3-17-12-6-4-5-11(7-16)14(12)18-8-13-15-10(2)9-19-13/h4-6,9,16H,3,7-8H2,1-2H3. The zero-order valence-corrected chi connectivity index (χ0v) is 11.9. The SMILES string of the molecule is CCOc1cccc(CO)c1OCc1nc(C)cs1. The third-order valence-corrected chi connectivity index (χ3v) is 3.48. The van der Waals surface area contributed by atoms with Gasteiger partial charge in [0.25, 0.3) is 0 Å². The van der Waals surface area contributed by atoms with Crippen molar-refractivity contribution >= 4 is 11.3 Å². The Balaban J connectivity index is 2.17. The van der Waals surface area contributed by atoms with E-state index in [-0.39, 0.29) is 6.61 Å². The number of nitrogens with zero attached hydrogens (tertiary/aromatic N) is 1. The fourth-order valence-electron chi connectivity index (χ4n) is 1.72. The second kappa shape index (κ2) is 6.54. The Hall–Kier alpha value is -1.59. The first-order chi connectivity index (χ1) is 9.24. The molecule has 0 saturated carbocycles. The van der Waals surface area contributed by atoms with Gasteiger partial charge in [-0.2, -0.15) is 0 Å². The number of hydrogen-bond acceptors (Lipinski definition) is 5. The highest BCUT2D eigenvalue weighted by molar-refractivity contribution is 7.09. The van der Waals surface area contributed by atoms with Crippen LogP contribution in [0.15, 0.2) is 23.6 Å². The minimum absolute atomic E-state index is 0.0762. The van der Waals surface area contributed by atoms with Crippen LogP contribution in [0.4, 0.5) is 0 Å². The van der Waals surface area contributed by atoms with Gasteiger partial charge in [-0.3, -0.25) is 0 Å². The Morgan fingerprint density at radius 1 is 1.32 bits per heavy atom. The molecule has 0 aliphatic carbocycles. The number of hydrogen-bond donors (Lipinski definition) is 1. The quantitative estimate of drug-likeness (QED) is 0.883. The molecule has 2 rings (SSSR count). The molecule has 2 aromatic rings. The largest absolute Gasteiger partial charge is 0.490 e. The van der Waals surface area contributed by atoms with Crippen molar-refractivity contribution < 1.29 is 14.6 Å². The van der Waals surface area contributed by atoms with E-state index in [0.717, 1.165) is 16.3 Å². The molecule has 0 unspecified atom stereocenters. The molecule has 0 atom stereocenters. The van der Waals surface area contributed by atoms with Crippen LogP contribution in [0.2, 0.25) is 0 Å². The van der Waals surface area contributed by atoms with Gasteiger partial charge in [-0.1, -0.05) is 12.1 Å². The van der Waals surface area contributed by atoms with E-state index in [4.69, 9.17) is 9.47 Å². The lowest BCUT2D eigenvalue weighted by molar-refractivity contribution is 0.243. The molecule has 1 aromatic heterocycles. The molecule has 1 aromatic carbocycles. The van der Waals surface area contributed by atoms with Gasteiger partial charge in [-0.15, -0.1) is 11.3 Å². The summed E-state index contributed by atoms with van der Waals surface area (Å²) in [5, 5.41) is 12.3. The number of aliphatic hydroxyl groups excluding tert-OH is 1. The van der Waals surface area contributed by atoms with Crippen molar-refractivity contribution in [2.45, 2.75) is 27.1 Å². The molecule has 0 aliphatic rings. The van der Waals surface area contributed by atoms with Gasteiger partial charge in [0.15, 0.2) is 11.5 Å². The fourth-order valence-corrected chi connectivity index (χ4v) is 2.40. The summed E-state index contributed by atoms with van der Waals surface area (Å²) in [6, 6.07) is 5.51. The lowest BCUT2D eigenvalue weighted by Gasteiger charge is -2.14. The van der Waals surface area contributed by atoms with Crippen LogP contribution in [-0.4, -0.2) is 16.7 Å². The summed E-state index contributed by atoms with van der Waals surface area (Å²) in [5.74, 6) is 1.25. The number of rotatable bonds is 6. The minimum Gasteiger partial charge on any atom is -0.490 e. The zero-order chi connectivity index (χ0) is 13.7. The maximum absolute atomic E-state index is 9.36. The molecule has 0 amide bonds. The number of ether oxygens (including phenoxy) is 2. The second-order valence-electron chi connectivity index (χ2n) is 4.01. The molecule has 0 aliphatic heterocycles. The number of aryl methyl sites for hydroxylation is 1. The van der Waals surface area contributed by atoms with E-state index in [0.29, 0.717) is 24.7 Å². The molecular weight excluding hydrogens is 262 g/mol. The first-order valence-corrected chi connectivity index (χ1v) is 7.02. The van der Waals surface area contributed by atoms with Crippen molar-refractivity contribution in [2.24, 2.45) is 0 Å². The topological polar surface area (TPSA) is 51.6 Å². The van der Waals surface area contributed by atoms with Crippen LogP contribution in [0, 0.1) is 6.92 Å². The van der Waals surface area contributed by atoms with Crippen molar-refractivity contribution in [3.05, 3.63) is 39.8 Å². The Bertz CT molecular complexity index is 539. The molecule has 1 heterocycles. The van der Waals surface area contributed by atoms with Crippen LogP contribution in [0.3, 0.4) is 0 Å². The number of para-hydroxylation sites is 1. The maximum Gasteiger partial charge on any atom is 0.167 e. The lowest BCUT2D eigenvalue weighted by atomic mass is 10.2. The molecule has 0 saturated heterocycles. The van der Waals surface area contributed by atoms with Gasteiger partial charge in [0.1, 0.15) is 11.6 Å². The van der Waals surface area contributed by atoms with E-state index >= 15 is 0 Å². The average Bonchev–Trinajstić information content (AvgIpc) is 2.83. The molecular formula is C14H17NO3S. The fraction of sp³-hybridized carbons (Fsp3) is 0.357. The van der Waals surface area contributed by atoms with E-state index in [1.807, 2.05) is 37.4 Å². The number of benzene rings is 1. The summed E-state index contributed by atoms with van der Waals surface area (Å²) < 4.78 is 11.3. The smallest absolute Gasteiger partial charge is 0.167 e. The molecule has 19 heavy (non-hydrogen) atoms. The zero-order valence-electron chi connectivity index (χ0n) is 11.0. The monoisotopic (exact) mass is 279 g/mol.